The van der Waals surface area contributed by atoms with Crippen LogP contribution in [-0.4, -0.2) is 45.1 Å². The number of fused-ring (bicyclic) bond motifs is 1. The van der Waals surface area contributed by atoms with Gasteiger partial charge in [-0.25, -0.2) is 13.2 Å². The number of carbonyl (C=O) groups excluding carboxylic acids is 1. The van der Waals surface area contributed by atoms with Crippen LogP contribution in [0.4, 0.5) is 10.5 Å². The largest absolute Gasteiger partial charge is 0.495 e. The van der Waals surface area contributed by atoms with Crippen molar-refractivity contribution in [3.63, 3.8) is 0 Å². The third-order valence-corrected chi connectivity index (χ3v) is 8.03. The van der Waals surface area contributed by atoms with Crippen molar-refractivity contribution in [1.82, 2.24) is 4.31 Å². The number of anilines is 1. The van der Waals surface area contributed by atoms with Gasteiger partial charge in [0.25, 0.3) is 0 Å². The highest BCUT2D eigenvalue weighted by Gasteiger charge is 2.38. The van der Waals surface area contributed by atoms with E-state index in [1.807, 2.05) is 6.07 Å². The Morgan fingerprint density at radius 2 is 1.90 bits per heavy atom. The third kappa shape index (κ3) is 3.91. The van der Waals surface area contributed by atoms with E-state index in [-0.39, 0.29) is 30.6 Å². The van der Waals surface area contributed by atoms with E-state index in [1.165, 1.54) is 11.4 Å². The third-order valence-electron chi connectivity index (χ3n) is 5.38. The molecule has 4 rings (SSSR count). The summed E-state index contributed by atoms with van der Waals surface area (Å²) in [5, 5.41) is 0.579. The Hall–Kier alpha value is -1.81. The number of hydrogen-bond donors (Lipinski definition) is 0. The number of ether oxygens (including phenoxy) is 2. The number of sulfonamides is 1. The van der Waals surface area contributed by atoms with E-state index in [4.69, 9.17) is 21.1 Å². The lowest BCUT2D eigenvalue weighted by Crippen LogP contribution is -2.50. The van der Waals surface area contributed by atoms with Crippen LogP contribution in [0, 0.1) is 0 Å². The summed E-state index contributed by atoms with van der Waals surface area (Å²) in [7, 11) is -2.29. The average molecular weight is 516 g/mol. The summed E-state index contributed by atoms with van der Waals surface area (Å²) in [5.74, 6) is 0.297. The number of piperidine rings is 1. The molecule has 1 amide bonds. The number of carbonyl (C=O) groups is 1. The molecule has 0 bridgehead atoms. The van der Waals surface area contributed by atoms with Gasteiger partial charge in [-0.05, 0) is 49.2 Å². The second-order valence-electron chi connectivity index (χ2n) is 7.13. The van der Waals surface area contributed by atoms with Crippen molar-refractivity contribution in [1.29, 1.82) is 0 Å². The fraction of sp³-hybridized carbons (Fsp3) is 0.350. The monoisotopic (exact) mass is 514 g/mol. The lowest BCUT2D eigenvalue weighted by atomic mass is 10.0. The molecule has 0 unspecified atom stereocenters. The smallest absolute Gasteiger partial charge is 0.414 e. The van der Waals surface area contributed by atoms with Gasteiger partial charge in [-0.1, -0.05) is 27.5 Å². The molecule has 2 heterocycles. The van der Waals surface area contributed by atoms with Crippen LogP contribution in [0.3, 0.4) is 0 Å². The van der Waals surface area contributed by atoms with E-state index in [1.54, 1.807) is 35.2 Å². The Bertz CT molecular complexity index is 1090. The van der Waals surface area contributed by atoms with Crippen LogP contribution in [0.2, 0.25) is 5.02 Å². The molecule has 10 heteroatoms. The number of rotatable bonds is 4. The molecule has 0 atom stereocenters. The van der Waals surface area contributed by atoms with Crippen LogP contribution >= 0.6 is 27.5 Å². The van der Waals surface area contributed by atoms with E-state index >= 15 is 0 Å². The molecule has 1 fully saturated rings. The van der Waals surface area contributed by atoms with Gasteiger partial charge in [0.15, 0.2) is 0 Å². The Kier molecular flexibility index (Phi) is 5.98. The van der Waals surface area contributed by atoms with E-state index in [0.717, 1.165) is 11.3 Å². The minimum absolute atomic E-state index is 0.121. The van der Waals surface area contributed by atoms with Crippen molar-refractivity contribution in [3.05, 3.63) is 51.5 Å². The van der Waals surface area contributed by atoms with Crippen molar-refractivity contribution >= 4 is 49.3 Å². The molecule has 2 aliphatic heterocycles. The number of benzene rings is 2. The minimum Gasteiger partial charge on any atom is -0.495 e. The average Bonchev–Trinajstić information content (AvgIpc) is 2.74. The molecule has 0 saturated carbocycles. The fourth-order valence-electron chi connectivity index (χ4n) is 3.89. The summed E-state index contributed by atoms with van der Waals surface area (Å²) in [6.07, 6.45) is 0.569. The molecule has 0 N–H and O–H groups in total. The van der Waals surface area contributed by atoms with Gasteiger partial charge in [0, 0.05) is 34.2 Å². The molecule has 7 nitrogen and oxygen atoms in total. The zero-order valence-corrected chi connectivity index (χ0v) is 19.3. The van der Waals surface area contributed by atoms with Gasteiger partial charge < -0.3 is 9.47 Å². The molecule has 0 radical (unpaired) electrons. The van der Waals surface area contributed by atoms with Crippen molar-refractivity contribution in [2.45, 2.75) is 30.4 Å². The molecule has 0 aliphatic carbocycles. The first kappa shape index (κ1) is 21.4. The summed E-state index contributed by atoms with van der Waals surface area (Å²) in [6.45, 7) is 0.756. The quantitative estimate of drug-likeness (QED) is 0.602. The Morgan fingerprint density at radius 3 is 2.60 bits per heavy atom. The van der Waals surface area contributed by atoms with Gasteiger partial charge in [0.2, 0.25) is 10.0 Å². The first-order valence-electron chi connectivity index (χ1n) is 9.39. The molecule has 160 valence electrons. The number of hydrogen-bond acceptors (Lipinski definition) is 5. The number of nitrogens with zero attached hydrogens (tertiary/aromatic N) is 2. The first-order chi connectivity index (χ1) is 14.3. The Labute approximate surface area is 188 Å². The lowest BCUT2D eigenvalue weighted by Gasteiger charge is -2.39. The molecule has 0 spiro atoms. The van der Waals surface area contributed by atoms with Gasteiger partial charge >= 0.3 is 6.09 Å². The van der Waals surface area contributed by atoms with Crippen LogP contribution in [0.5, 0.6) is 5.75 Å². The van der Waals surface area contributed by atoms with Crippen LogP contribution in [-0.2, 0) is 21.4 Å². The predicted molar refractivity (Wildman–Crippen MR) is 117 cm³/mol. The predicted octanol–water partition coefficient (Wildman–Crippen LogP) is 4.42. The zero-order valence-electron chi connectivity index (χ0n) is 16.2. The van der Waals surface area contributed by atoms with Gasteiger partial charge in [-0.15, -0.1) is 0 Å². The molecule has 1 saturated heterocycles. The Morgan fingerprint density at radius 1 is 1.17 bits per heavy atom. The number of amides is 1. The van der Waals surface area contributed by atoms with Crippen LogP contribution in [0.25, 0.3) is 0 Å². The van der Waals surface area contributed by atoms with Gasteiger partial charge in [-0.2, -0.15) is 4.31 Å². The highest BCUT2D eigenvalue weighted by Crippen LogP contribution is 2.35. The first-order valence-corrected chi connectivity index (χ1v) is 12.0. The molecular formula is C20H20BrClN2O5S. The molecule has 30 heavy (non-hydrogen) atoms. The van der Waals surface area contributed by atoms with Gasteiger partial charge in [0.05, 0.1) is 12.8 Å². The molecule has 2 aromatic carbocycles. The normalized spacial score (nSPS) is 18.1. The number of halogens is 2. The highest BCUT2D eigenvalue weighted by atomic mass is 79.9. The summed E-state index contributed by atoms with van der Waals surface area (Å²) in [4.78, 5) is 14.2. The molecule has 0 aromatic heterocycles. The summed E-state index contributed by atoms with van der Waals surface area (Å²) >= 11 is 9.39. The summed E-state index contributed by atoms with van der Waals surface area (Å²) in [5.41, 5.74) is 1.61. The topological polar surface area (TPSA) is 76.2 Å². The number of methoxy groups -OCH3 is 1. The van der Waals surface area contributed by atoms with Crippen molar-refractivity contribution < 1.29 is 22.7 Å². The molecular weight excluding hydrogens is 496 g/mol. The maximum absolute atomic E-state index is 13.2. The van der Waals surface area contributed by atoms with Crippen molar-refractivity contribution in [2.75, 3.05) is 25.1 Å². The van der Waals surface area contributed by atoms with Crippen molar-refractivity contribution in [3.8, 4) is 5.75 Å². The summed E-state index contributed by atoms with van der Waals surface area (Å²) < 4.78 is 39.1. The van der Waals surface area contributed by atoms with E-state index in [9.17, 15) is 13.2 Å². The second kappa shape index (κ2) is 8.37. The van der Waals surface area contributed by atoms with Gasteiger partial charge in [-0.3, -0.25) is 4.90 Å². The SMILES string of the molecule is COc1ccc(Br)cc1S(=O)(=O)N1CCC(N2C(=O)OCc3cc(Cl)ccc32)CC1. The second-order valence-corrected chi connectivity index (χ2v) is 10.4. The highest BCUT2D eigenvalue weighted by molar-refractivity contribution is 9.10. The minimum atomic E-state index is -3.73. The van der Waals surface area contributed by atoms with Crippen LogP contribution in [0.1, 0.15) is 18.4 Å². The molecule has 2 aliphatic rings. The lowest BCUT2D eigenvalue weighted by molar-refractivity contribution is 0.136. The van der Waals surface area contributed by atoms with E-state index < -0.39 is 16.1 Å². The molecule has 2 aromatic rings. The van der Waals surface area contributed by atoms with Crippen LogP contribution in [0.15, 0.2) is 45.8 Å². The summed E-state index contributed by atoms with van der Waals surface area (Å²) in [6, 6.07) is 10.1. The maximum Gasteiger partial charge on any atom is 0.414 e. The number of cyclic esters (lactones) is 1. The van der Waals surface area contributed by atoms with E-state index in [2.05, 4.69) is 15.9 Å². The standard InChI is InChI=1S/C20H20BrClN2O5S/c1-28-18-5-2-14(21)11-19(18)30(26,27)23-8-6-16(7-9-23)24-17-4-3-15(22)10-13(17)12-29-20(24)25/h2-5,10-11,16H,6-9,12H2,1H3. The van der Waals surface area contributed by atoms with Crippen molar-refractivity contribution in [2.24, 2.45) is 0 Å². The Balaban J connectivity index is 1.55. The van der Waals surface area contributed by atoms with Crippen LogP contribution < -0.4 is 9.64 Å². The fourth-order valence-corrected chi connectivity index (χ4v) is 6.25. The zero-order chi connectivity index (χ0) is 21.5. The van der Waals surface area contributed by atoms with E-state index in [0.29, 0.717) is 28.1 Å². The van der Waals surface area contributed by atoms with Gasteiger partial charge in [0.1, 0.15) is 17.3 Å². The maximum atomic E-state index is 13.2.